The van der Waals surface area contributed by atoms with E-state index in [0.717, 1.165) is 31.5 Å². The summed E-state index contributed by atoms with van der Waals surface area (Å²) in [7, 11) is 1.63. The van der Waals surface area contributed by atoms with Crippen LogP contribution in [0.15, 0.2) is 24.3 Å². The second-order valence-corrected chi connectivity index (χ2v) is 7.38. The predicted molar refractivity (Wildman–Crippen MR) is 106 cm³/mol. The average molecular weight is 394 g/mol. The van der Waals surface area contributed by atoms with E-state index in [1.54, 1.807) is 13.2 Å². The number of halogens is 1. The normalized spacial score (nSPS) is 15.4. The number of nitrogens with one attached hydrogen (secondary N) is 1. The van der Waals surface area contributed by atoms with Crippen LogP contribution in [0.4, 0.5) is 4.39 Å². The monoisotopic (exact) mass is 393 g/mol. The Morgan fingerprint density at radius 1 is 1.29 bits per heavy atom. The first-order valence-electron chi connectivity index (χ1n) is 9.96. The molecule has 7 heteroatoms. The lowest BCUT2D eigenvalue weighted by Gasteiger charge is -2.35. The first-order chi connectivity index (χ1) is 13.5. The number of piperidine rings is 1. The molecule has 2 rings (SSSR count). The topological polar surface area (TPSA) is 61.9 Å². The van der Waals surface area contributed by atoms with Crippen LogP contribution in [0, 0.1) is 11.7 Å². The fraction of sp³-hybridized carbons (Fsp3) is 0.619. The molecule has 0 unspecified atom stereocenters. The van der Waals surface area contributed by atoms with E-state index in [-0.39, 0.29) is 17.6 Å². The smallest absolute Gasteiger partial charge is 0.224 e. The maximum atomic E-state index is 13.8. The quantitative estimate of drug-likeness (QED) is 0.661. The molecule has 6 nitrogen and oxygen atoms in total. The first-order valence-corrected chi connectivity index (χ1v) is 9.96. The zero-order valence-electron chi connectivity index (χ0n) is 17.0. The molecule has 1 heterocycles. The molecule has 0 aromatic heterocycles. The molecule has 0 radical (unpaired) electrons. The molecule has 1 aromatic rings. The van der Waals surface area contributed by atoms with E-state index in [1.807, 2.05) is 17.0 Å². The van der Waals surface area contributed by atoms with Crippen molar-refractivity contribution in [1.29, 1.82) is 0 Å². The molecule has 0 atom stereocenters. The summed E-state index contributed by atoms with van der Waals surface area (Å²) in [5.41, 5.74) is 0.732. The highest BCUT2D eigenvalue weighted by atomic mass is 19.1. The van der Waals surface area contributed by atoms with Crippen molar-refractivity contribution >= 4 is 11.8 Å². The number of ether oxygens (including phenoxy) is 1. The lowest BCUT2D eigenvalue weighted by atomic mass is 9.95. The summed E-state index contributed by atoms with van der Waals surface area (Å²) >= 11 is 0. The highest BCUT2D eigenvalue weighted by Gasteiger charge is 2.24. The Hall–Kier alpha value is -1.99. The number of nitrogens with zero attached hydrogens (tertiary/aromatic N) is 2. The molecule has 0 saturated carbocycles. The summed E-state index contributed by atoms with van der Waals surface area (Å²) in [4.78, 5) is 27.6. The molecule has 28 heavy (non-hydrogen) atoms. The Morgan fingerprint density at radius 3 is 2.64 bits per heavy atom. The molecule has 0 spiro atoms. The van der Waals surface area contributed by atoms with Gasteiger partial charge in [-0.2, -0.15) is 0 Å². The highest BCUT2D eigenvalue weighted by Crippen LogP contribution is 2.21. The molecule has 0 bridgehead atoms. The van der Waals surface area contributed by atoms with Crippen LogP contribution in [-0.2, 0) is 20.9 Å². The molecule has 1 aliphatic rings. The van der Waals surface area contributed by atoms with Gasteiger partial charge in [0.05, 0.1) is 6.61 Å². The van der Waals surface area contributed by atoms with Crippen LogP contribution in [0.2, 0.25) is 0 Å². The Morgan fingerprint density at radius 2 is 2.00 bits per heavy atom. The molecule has 1 saturated heterocycles. The van der Waals surface area contributed by atoms with Gasteiger partial charge in [0.15, 0.2) is 0 Å². The summed E-state index contributed by atoms with van der Waals surface area (Å²) < 4.78 is 19.0. The molecule has 156 valence electrons. The van der Waals surface area contributed by atoms with Gasteiger partial charge in [-0.1, -0.05) is 18.2 Å². The molecule has 1 aliphatic heterocycles. The summed E-state index contributed by atoms with van der Waals surface area (Å²) in [6.45, 7) is 6.00. The lowest BCUT2D eigenvalue weighted by Crippen LogP contribution is -2.42. The van der Waals surface area contributed by atoms with Gasteiger partial charge in [-0.25, -0.2) is 4.39 Å². The number of benzene rings is 1. The van der Waals surface area contributed by atoms with Gasteiger partial charge in [-0.05, 0) is 37.9 Å². The molecular weight excluding hydrogens is 361 g/mol. The average Bonchev–Trinajstić information content (AvgIpc) is 2.67. The van der Waals surface area contributed by atoms with Crippen molar-refractivity contribution < 1.29 is 18.7 Å². The van der Waals surface area contributed by atoms with Crippen molar-refractivity contribution in [1.82, 2.24) is 15.1 Å². The van der Waals surface area contributed by atoms with E-state index in [1.165, 1.54) is 13.0 Å². The van der Waals surface area contributed by atoms with E-state index in [0.29, 0.717) is 45.1 Å². The number of rotatable bonds is 10. The summed E-state index contributed by atoms with van der Waals surface area (Å²) in [6.07, 6.45) is 2.27. The number of likely N-dealkylation sites (tertiary alicyclic amines) is 1. The standard InChI is InChI=1S/C21H32FN3O3/c1-17(26)23-10-7-21(27)25(13-14-28-2)15-18-8-11-24(12-9-18)16-19-5-3-4-6-20(19)22/h3-6,18H,7-16H2,1-2H3,(H,23,26). The van der Waals surface area contributed by atoms with Gasteiger partial charge in [0.25, 0.3) is 0 Å². The van der Waals surface area contributed by atoms with E-state index >= 15 is 0 Å². The minimum Gasteiger partial charge on any atom is -0.383 e. The van der Waals surface area contributed by atoms with Crippen molar-refractivity contribution in [3.8, 4) is 0 Å². The van der Waals surface area contributed by atoms with E-state index in [9.17, 15) is 14.0 Å². The van der Waals surface area contributed by atoms with Crippen molar-refractivity contribution in [2.45, 2.75) is 32.7 Å². The maximum absolute atomic E-state index is 13.8. The van der Waals surface area contributed by atoms with Crippen LogP contribution >= 0.6 is 0 Å². The predicted octanol–water partition coefficient (Wildman–Crippen LogP) is 2.04. The summed E-state index contributed by atoms with van der Waals surface area (Å²) in [6, 6.07) is 6.91. The summed E-state index contributed by atoms with van der Waals surface area (Å²) in [5.74, 6) is 0.191. The van der Waals surface area contributed by atoms with Crippen LogP contribution in [0.3, 0.4) is 0 Å². The van der Waals surface area contributed by atoms with Gasteiger partial charge in [0, 0.05) is 52.2 Å². The largest absolute Gasteiger partial charge is 0.383 e. The summed E-state index contributed by atoms with van der Waals surface area (Å²) in [5, 5.41) is 2.67. The number of methoxy groups -OCH3 is 1. The van der Waals surface area contributed by atoms with Crippen LogP contribution in [-0.4, -0.2) is 68.1 Å². The van der Waals surface area contributed by atoms with Crippen molar-refractivity contribution in [3.63, 3.8) is 0 Å². The zero-order chi connectivity index (χ0) is 20.4. The van der Waals surface area contributed by atoms with E-state index in [2.05, 4.69) is 10.2 Å². The Bertz CT molecular complexity index is 633. The van der Waals surface area contributed by atoms with Gasteiger partial charge >= 0.3 is 0 Å². The van der Waals surface area contributed by atoms with Gasteiger partial charge in [0.2, 0.25) is 11.8 Å². The number of carbonyl (C=O) groups is 2. The SMILES string of the molecule is COCCN(CC1CCN(Cc2ccccc2F)CC1)C(=O)CCNC(C)=O. The zero-order valence-corrected chi connectivity index (χ0v) is 17.0. The van der Waals surface area contributed by atoms with Gasteiger partial charge in [-0.3, -0.25) is 14.5 Å². The third-order valence-electron chi connectivity index (χ3n) is 5.17. The first kappa shape index (κ1) is 22.3. The van der Waals surface area contributed by atoms with Gasteiger partial charge in [0.1, 0.15) is 5.82 Å². The van der Waals surface area contributed by atoms with Crippen molar-refractivity contribution in [3.05, 3.63) is 35.6 Å². The molecule has 0 aliphatic carbocycles. The van der Waals surface area contributed by atoms with Gasteiger partial charge in [-0.15, -0.1) is 0 Å². The van der Waals surface area contributed by atoms with Crippen molar-refractivity contribution in [2.24, 2.45) is 5.92 Å². The number of hydrogen-bond acceptors (Lipinski definition) is 4. The Labute approximate surface area is 167 Å². The van der Waals surface area contributed by atoms with Crippen LogP contribution in [0.5, 0.6) is 0 Å². The van der Waals surface area contributed by atoms with E-state index < -0.39 is 0 Å². The highest BCUT2D eigenvalue weighted by molar-refractivity contribution is 5.78. The Balaban J connectivity index is 1.80. The minimum absolute atomic E-state index is 0.0413. The second kappa shape index (κ2) is 11.8. The molecule has 1 N–H and O–H groups in total. The van der Waals surface area contributed by atoms with Gasteiger partial charge < -0.3 is 15.0 Å². The van der Waals surface area contributed by atoms with E-state index in [4.69, 9.17) is 4.74 Å². The van der Waals surface area contributed by atoms with Crippen LogP contribution in [0.1, 0.15) is 31.7 Å². The molecule has 1 fully saturated rings. The third kappa shape index (κ3) is 7.56. The maximum Gasteiger partial charge on any atom is 0.224 e. The number of hydrogen-bond donors (Lipinski definition) is 1. The molecular formula is C21H32FN3O3. The number of carbonyl (C=O) groups excluding carboxylic acids is 2. The Kier molecular flexibility index (Phi) is 9.37. The van der Waals surface area contributed by atoms with Crippen LogP contribution < -0.4 is 5.32 Å². The fourth-order valence-corrected chi connectivity index (χ4v) is 3.53. The fourth-order valence-electron chi connectivity index (χ4n) is 3.53. The lowest BCUT2D eigenvalue weighted by molar-refractivity contribution is -0.132. The minimum atomic E-state index is -0.153. The second-order valence-electron chi connectivity index (χ2n) is 7.38. The molecule has 1 aromatic carbocycles. The third-order valence-corrected chi connectivity index (χ3v) is 5.17. The van der Waals surface area contributed by atoms with Crippen LogP contribution in [0.25, 0.3) is 0 Å². The molecule has 2 amide bonds. The van der Waals surface area contributed by atoms with Crippen molar-refractivity contribution in [2.75, 3.05) is 46.4 Å². The number of amides is 2.